The highest BCUT2D eigenvalue weighted by molar-refractivity contribution is 5.99. The van der Waals surface area contributed by atoms with Crippen LogP contribution in [0.5, 0.6) is 0 Å². The van der Waals surface area contributed by atoms with Gasteiger partial charge >= 0.3 is 5.69 Å². The predicted molar refractivity (Wildman–Crippen MR) is 149 cm³/mol. The van der Waals surface area contributed by atoms with Gasteiger partial charge in [0.25, 0.3) is 11.5 Å². The molecule has 0 bridgehead atoms. The lowest BCUT2D eigenvalue weighted by Crippen LogP contribution is -2.41. The highest BCUT2D eigenvalue weighted by Gasteiger charge is 2.27. The van der Waals surface area contributed by atoms with Crippen molar-refractivity contribution in [3.05, 3.63) is 79.7 Å². The van der Waals surface area contributed by atoms with Crippen molar-refractivity contribution in [1.82, 2.24) is 14.0 Å². The number of carbonyl (C=O) groups excluding carboxylic acids is 2. The van der Waals surface area contributed by atoms with Gasteiger partial charge in [-0.25, -0.2) is 9.18 Å². The van der Waals surface area contributed by atoms with Gasteiger partial charge in [0.1, 0.15) is 11.9 Å². The van der Waals surface area contributed by atoms with Crippen molar-refractivity contribution < 1.29 is 14.0 Å². The number of rotatable bonds is 7. The molecule has 0 spiro atoms. The van der Waals surface area contributed by atoms with Crippen molar-refractivity contribution in [2.45, 2.75) is 65.0 Å². The van der Waals surface area contributed by atoms with Crippen LogP contribution in [0.2, 0.25) is 0 Å². The summed E-state index contributed by atoms with van der Waals surface area (Å²) in [4.78, 5) is 54.5. The molecule has 0 radical (unpaired) electrons. The van der Waals surface area contributed by atoms with E-state index in [0.717, 1.165) is 25.3 Å². The number of benzene rings is 2. The Bertz CT molecular complexity index is 1640. The molecule has 2 heterocycles. The molecule has 1 aliphatic heterocycles. The molecule has 2 aliphatic rings. The maximum absolute atomic E-state index is 14.0. The highest BCUT2D eigenvalue weighted by Crippen LogP contribution is 2.30. The number of nitrogens with zero attached hydrogens (tertiary/aromatic N) is 4. The Kier molecular flexibility index (Phi) is 7.70. The standard InChI is InChI=1S/C31H33FN4O4/c1-19(2)36-27-10-9-22(15-25(27)30(39)35(31(36)40)18-21-5-6-21)28(37)14-20-4-3-12-34(13-11-20)29(38)23-7-8-24(17-33)26(32)16-23/h7-10,15-16,19-21H,3-6,11-14,18H2,1-2H3. The molecule has 1 saturated carbocycles. The summed E-state index contributed by atoms with van der Waals surface area (Å²) in [6.07, 6.45) is 4.43. The summed E-state index contributed by atoms with van der Waals surface area (Å²) in [6.45, 7) is 5.18. The first-order valence-corrected chi connectivity index (χ1v) is 14.0. The van der Waals surface area contributed by atoms with Crippen molar-refractivity contribution in [2.75, 3.05) is 13.1 Å². The molecule has 1 amide bonds. The van der Waals surface area contributed by atoms with Gasteiger partial charge in [0.05, 0.1) is 16.5 Å². The van der Waals surface area contributed by atoms with Crippen LogP contribution < -0.4 is 11.2 Å². The number of hydrogen-bond acceptors (Lipinski definition) is 5. The number of hydrogen-bond donors (Lipinski definition) is 0. The molecule has 9 heteroatoms. The minimum absolute atomic E-state index is 0.0647. The normalized spacial score (nSPS) is 17.6. The van der Waals surface area contributed by atoms with E-state index in [0.29, 0.717) is 61.3 Å². The molecule has 5 rings (SSSR count). The predicted octanol–water partition coefficient (Wildman–Crippen LogP) is 4.68. The van der Waals surface area contributed by atoms with Crippen molar-refractivity contribution in [3.8, 4) is 6.07 Å². The van der Waals surface area contributed by atoms with Crippen LogP contribution in [0.4, 0.5) is 4.39 Å². The summed E-state index contributed by atoms with van der Waals surface area (Å²) in [5.41, 5.74) is 0.433. The Labute approximate surface area is 231 Å². The van der Waals surface area contributed by atoms with Gasteiger partial charge in [-0.3, -0.25) is 23.5 Å². The number of aromatic nitrogens is 2. The number of amides is 1. The van der Waals surface area contributed by atoms with E-state index in [1.165, 1.54) is 16.7 Å². The van der Waals surface area contributed by atoms with Crippen molar-refractivity contribution in [3.63, 3.8) is 0 Å². The Balaban J connectivity index is 1.32. The van der Waals surface area contributed by atoms with E-state index in [9.17, 15) is 23.6 Å². The van der Waals surface area contributed by atoms with Crippen LogP contribution >= 0.6 is 0 Å². The van der Waals surface area contributed by atoms with Crippen LogP contribution in [0.15, 0.2) is 46.0 Å². The van der Waals surface area contributed by atoms with E-state index in [2.05, 4.69) is 0 Å². The first kappa shape index (κ1) is 27.5. The molecule has 0 N–H and O–H groups in total. The van der Waals surface area contributed by atoms with Gasteiger partial charge < -0.3 is 4.90 Å². The molecule has 208 valence electrons. The monoisotopic (exact) mass is 544 g/mol. The zero-order chi connectivity index (χ0) is 28.6. The fraction of sp³-hybridized carbons (Fsp3) is 0.452. The number of Topliss-reactive ketones (excluding diaryl/α,β-unsaturated/α-hetero) is 1. The first-order chi connectivity index (χ1) is 19.2. The molecule has 1 atom stereocenters. The third-order valence-corrected chi connectivity index (χ3v) is 8.09. The van der Waals surface area contributed by atoms with E-state index in [1.54, 1.807) is 33.7 Å². The van der Waals surface area contributed by atoms with Crippen LogP contribution in [0.3, 0.4) is 0 Å². The number of ketones is 1. The van der Waals surface area contributed by atoms with E-state index in [-0.39, 0.29) is 46.0 Å². The minimum Gasteiger partial charge on any atom is -0.339 e. The lowest BCUT2D eigenvalue weighted by atomic mass is 9.92. The summed E-state index contributed by atoms with van der Waals surface area (Å²) >= 11 is 0. The zero-order valence-corrected chi connectivity index (χ0v) is 22.9. The third kappa shape index (κ3) is 5.48. The van der Waals surface area contributed by atoms with Crippen molar-refractivity contribution >= 4 is 22.6 Å². The second-order valence-corrected chi connectivity index (χ2v) is 11.4. The van der Waals surface area contributed by atoms with Crippen LogP contribution in [-0.2, 0) is 6.54 Å². The number of fused-ring (bicyclic) bond motifs is 1. The Morgan fingerprint density at radius 1 is 1.00 bits per heavy atom. The molecule has 8 nitrogen and oxygen atoms in total. The van der Waals surface area contributed by atoms with E-state index < -0.39 is 5.82 Å². The molecular weight excluding hydrogens is 511 g/mol. The van der Waals surface area contributed by atoms with Crippen molar-refractivity contribution in [1.29, 1.82) is 5.26 Å². The molecule has 2 aromatic carbocycles. The lowest BCUT2D eigenvalue weighted by molar-refractivity contribution is 0.0759. The topological polar surface area (TPSA) is 105 Å². The smallest absolute Gasteiger partial charge is 0.331 e. The summed E-state index contributed by atoms with van der Waals surface area (Å²) in [6, 6.07) is 10.5. The first-order valence-electron chi connectivity index (χ1n) is 14.0. The van der Waals surface area contributed by atoms with Crippen LogP contribution in [0.1, 0.15) is 84.7 Å². The molecule has 3 aromatic rings. The molecule has 2 fully saturated rings. The minimum atomic E-state index is -0.716. The molecule has 1 unspecified atom stereocenters. The summed E-state index contributed by atoms with van der Waals surface area (Å²) in [7, 11) is 0. The second kappa shape index (κ2) is 11.2. The van der Waals surface area contributed by atoms with Gasteiger partial charge in [-0.15, -0.1) is 0 Å². The van der Waals surface area contributed by atoms with Gasteiger partial charge in [-0.1, -0.05) is 0 Å². The fourth-order valence-corrected chi connectivity index (χ4v) is 5.65. The summed E-state index contributed by atoms with van der Waals surface area (Å²) < 4.78 is 17.0. The summed E-state index contributed by atoms with van der Waals surface area (Å²) in [5, 5.41) is 9.31. The maximum Gasteiger partial charge on any atom is 0.331 e. The fourth-order valence-electron chi connectivity index (χ4n) is 5.65. The molecule has 1 saturated heterocycles. The maximum atomic E-state index is 14.0. The SMILES string of the molecule is CC(C)n1c(=O)n(CC2CC2)c(=O)c2cc(C(=O)CC3CCCN(C(=O)c4ccc(C#N)c(F)c4)CC3)ccc21. The molecular formula is C31H33FN4O4. The van der Waals surface area contributed by atoms with Gasteiger partial charge in [0.15, 0.2) is 5.78 Å². The van der Waals surface area contributed by atoms with Gasteiger partial charge in [0, 0.05) is 43.2 Å². The zero-order valence-electron chi connectivity index (χ0n) is 22.9. The Morgan fingerprint density at radius 3 is 2.42 bits per heavy atom. The number of nitriles is 1. The number of carbonyl (C=O) groups is 2. The van der Waals surface area contributed by atoms with Crippen molar-refractivity contribution in [2.24, 2.45) is 11.8 Å². The lowest BCUT2D eigenvalue weighted by Gasteiger charge is -2.21. The molecule has 1 aliphatic carbocycles. The van der Waals surface area contributed by atoms with Crippen LogP contribution in [0.25, 0.3) is 10.9 Å². The Hall–Kier alpha value is -4.06. The van der Waals surface area contributed by atoms with Gasteiger partial charge in [-0.2, -0.15) is 5.26 Å². The van der Waals surface area contributed by atoms with E-state index in [4.69, 9.17) is 5.26 Å². The van der Waals surface area contributed by atoms with Crippen LogP contribution in [-0.4, -0.2) is 38.8 Å². The Morgan fingerprint density at radius 2 is 1.75 bits per heavy atom. The van der Waals surface area contributed by atoms with Gasteiger partial charge in [0.2, 0.25) is 0 Å². The number of likely N-dealkylation sites (tertiary alicyclic amines) is 1. The average Bonchev–Trinajstić information content (AvgIpc) is 3.78. The summed E-state index contributed by atoms with van der Waals surface area (Å²) in [5.74, 6) is -0.660. The highest BCUT2D eigenvalue weighted by atomic mass is 19.1. The molecule has 1 aromatic heterocycles. The van der Waals surface area contributed by atoms with E-state index in [1.807, 2.05) is 13.8 Å². The average molecular weight is 545 g/mol. The largest absolute Gasteiger partial charge is 0.339 e. The molecule has 40 heavy (non-hydrogen) atoms. The van der Waals surface area contributed by atoms with Crippen LogP contribution in [0, 0.1) is 29.0 Å². The van der Waals surface area contributed by atoms with Gasteiger partial charge in [-0.05, 0) is 94.2 Å². The van der Waals surface area contributed by atoms with E-state index >= 15 is 0 Å². The number of halogens is 1. The quantitative estimate of drug-likeness (QED) is 0.402. The third-order valence-electron chi connectivity index (χ3n) is 8.09. The second-order valence-electron chi connectivity index (χ2n) is 11.4.